The third-order valence-electron chi connectivity index (χ3n) is 5.04. The summed E-state index contributed by atoms with van der Waals surface area (Å²) in [6.45, 7) is 0.146. The van der Waals surface area contributed by atoms with E-state index in [1.165, 1.54) is 0 Å². The molecule has 0 spiro atoms. The molecule has 1 atom stereocenters. The molecule has 0 radical (unpaired) electrons. The molecule has 2 aromatic heterocycles. The minimum Gasteiger partial charge on any atom is -0.475 e. The molecule has 28 heavy (non-hydrogen) atoms. The number of ether oxygens (including phenoxy) is 2. The van der Waals surface area contributed by atoms with Crippen molar-refractivity contribution >= 4 is 22.0 Å². The van der Waals surface area contributed by atoms with Crippen molar-refractivity contribution in [3.63, 3.8) is 0 Å². The van der Waals surface area contributed by atoms with Gasteiger partial charge in [0, 0.05) is 40.8 Å². The minimum atomic E-state index is -2.66. The molecule has 1 unspecified atom stereocenters. The zero-order chi connectivity index (χ0) is 20.3. The van der Waals surface area contributed by atoms with Gasteiger partial charge in [0.1, 0.15) is 37.3 Å². The largest absolute Gasteiger partial charge is 0.475 e. The molecule has 6 nitrogen and oxygen atoms in total. The lowest BCUT2D eigenvalue weighted by Crippen LogP contribution is -2.34. The van der Waals surface area contributed by atoms with Gasteiger partial charge in [-0.2, -0.15) is 4.98 Å². The Morgan fingerprint density at radius 2 is 1.96 bits per heavy atom. The molecule has 2 aromatic rings. The maximum Gasteiger partial charge on any atom is 0.261 e. The molecule has 3 heterocycles. The van der Waals surface area contributed by atoms with Gasteiger partial charge in [0.05, 0.1) is 0 Å². The summed E-state index contributed by atoms with van der Waals surface area (Å²) in [5.41, 5.74) is 1.15. The van der Waals surface area contributed by atoms with Crippen LogP contribution in [-0.2, 0) is 28.0 Å². The second-order valence-corrected chi connectivity index (χ2v) is 8.90. The first-order valence-electron chi connectivity index (χ1n) is 9.10. The van der Waals surface area contributed by atoms with Gasteiger partial charge in [-0.3, -0.25) is 4.21 Å². The number of halogens is 3. The van der Waals surface area contributed by atoms with E-state index in [1.807, 2.05) is 11.6 Å². The zero-order valence-corrected chi connectivity index (χ0v) is 16.7. The predicted octanol–water partition coefficient (Wildman–Crippen LogP) is 2.77. The van der Waals surface area contributed by atoms with Crippen LogP contribution in [0.2, 0.25) is 0 Å². The standard InChI is InChI=1S/C18H24F3N3O3S/c1-18(5-7-28(25)8-6-18)17-22-13-3-4-15(23-16(13)24(17)2)27-10-12(9-19)26-11-14(20)21/h3-4,12,14H,5-11H2,1-2H3. The Labute approximate surface area is 163 Å². The summed E-state index contributed by atoms with van der Waals surface area (Å²) in [4.78, 5) is 9.14. The summed E-state index contributed by atoms with van der Waals surface area (Å²) in [6, 6.07) is 3.37. The first kappa shape index (κ1) is 21.0. The molecular formula is C18H24F3N3O3S. The van der Waals surface area contributed by atoms with Crippen LogP contribution in [0.1, 0.15) is 25.6 Å². The van der Waals surface area contributed by atoms with Gasteiger partial charge >= 0.3 is 0 Å². The maximum absolute atomic E-state index is 12.9. The van der Waals surface area contributed by atoms with Crippen molar-refractivity contribution in [2.75, 3.05) is 31.4 Å². The molecule has 156 valence electrons. The molecule has 10 heteroatoms. The van der Waals surface area contributed by atoms with Crippen LogP contribution in [0.5, 0.6) is 5.88 Å². The highest BCUT2D eigenvalue weighted by atomic mass is 32.2. The van der Waals surface area contributed by atoms with Crippen molar-refractivity contribution in [2.24, 2.45) is 7.05 Å². The molecule has 1 aliphatic rings. The van der Waals surface area contributed by atoms with Crippen LogP contribution in [0.25, 0.3) is 11.2 Å². The summed E-state index contributed by atoms with van der Waals surface area (Å²) >= 11 is 0. The molecule has 0 aromatic carbocycles. The van der Waals surface area contributed by atoms with Gasteiger partial charge < -0.3 is 14.0 Å². The predicted molar refractivity (Wildman–Crippen MR) is 100 cm³/mol. The van der Waals surface area contributed by atoms with Crippen LogP contribution in [0.3, 0.4) is 0 Å². The first-order chi connectivity index (χ1) is 13.3. The number of rotatable bonds is 8. The molecule has 0 N–H and O–H groups in total. The van der Waals surface area contributed by atoms with E-state index in [9.17, 15) is 17.4 Å². The molecule has 1 aliphatic heterocycles. The number of nitrogens with zero attached hydrogens (tertiary/aromatic N) is 3. The van der Waals surface area contributed by atoms with E-state index in [0.717, 1.165) is 18.7 Å². The highest BCUT2D eigenvalue weighted by Crippen LogP contribution is 2.35. The number of hydrogen-bond donors (Lipinski definition) is 0. The molecule has 0 bridgehead atoms. The van der Waals surface area contributed by atoms with Crippen molar-refractivity contribution in [3.8, 4) is 5.88 Å². The van der Waals surface area contributed by atoms with Crippen molar-refractivity contribution in [1.29, 1.82) is 0 Å². The van der Waals surface area contributed by atoms with Gasteiger partial charge in [-0.25, -0.2) is 18.2 Å². The third-order valence-corrected chi connectivity index (χ3v) is 6.36. The Morgan fingerprint density at radius 3 is 2.61 bits per heavy atom. The second-order valence-electron chi connectivity index (χ2n) is 7.21. The Bertz CT molecular complexity index is 836. The highest BCUT2D eigenvalue weighted by molar-refractivity contribution is 7.85. The van der Waals surface area contributed by atoms with E-state index >= 15 is 0 Å². The van der Waals surface area contributed by atoms with Crippen molar-refractivity contribution in [3.05, 3.63) is 18.0 Å². The fourth-order valence-electron chi connectivity index (χ4n) is 3.32. The molecular weight excluding hydrogens is 395 g/mol. The van der Waals surface area contributed by atoms with Crippen LogP contribution in [0, 0.1) is 0 Å². The average Bonchev–Trinajstić information content (AvgIpc) is 3.01. The fourth-order valence-corrected chi connectivity index (χ4v) is 4.88. The average molecular weight is 419 g/mol. The third kappa shape index (κ3) is 4.65. The molecule has 3 rings (SSSR count). The van der Waals surface area contributed by atoms with Gasteiger partial charge in [-0.1, -0.05) is 6.92 Å². The summed E-state index contributed by atoms with van der Waals surface area (Å²) in [7, 11) is 1.11. The summed E-state index contributed by atoms with van der Waals surface area (Å²) in [6.07, 6.45) is -2.15. The molecule has 1 fully saturated rings. The Balaban J connectivity index is 1.75. The number of fused-ring (bicyclic) bond motifs is 1. The molecule has 1 saturated heterocycles. The van der Waals surface area contributed by atoms with Crippen LogP contribution < -0.4 is 4.74 Å². The summed E-state index contributed by atoms with van der Waals surface area (Å²) < 4.78 is 61.1. The SMILES string of the molecule is Cn1c(C2(C)CCS(=O)CC2)nc2ccc(OCC(CF)OCC(F)F)nc21. The molecule has 0 amide bonds. The van der Waals surface area contributed by atoms with Crippen molar-refractivity contribution in [1.82, 2.24) is 14.5 Å². The van der Waals surface area contributed by atoms with E-state index in [0.29, 0.717) is 22.7 Å². The number of aryl methyl sites for hydroxylation is 1. The maximum atomic E-state index is 12.9. The Morgan fingerprint density at radius 1 is 1.25 bits per heavy atom. The lowest BCUT2D eigenvalue weighted by Gasteiger charge is -2.32. The normalized spacial score (nSPS) is 24.0. The van der Waals surface area contributed by atoms with E-state index in [1.54, 1.807) is 12.1 Å². The zero-order valence-electron chi connectivity index (χ0n) is 15.9. The van der Waals surface area contributed by atoms with E-state index in [4.69, 9.17) is 14.5 Å². The van der Waals surface area contributed by atoms with E-state index < -0.39 is 36.6 Å². The highest BCUT2D eigenvalue weighted by Gasteiger charge is 2.35. The van der Waals surface area contributed by atoms with Gasteiger partial charge in [0.25, 0.3) is 6.43 Å². The number of alkyl halides is 3. The number of aromatic nitrogens is 3. The summed E-state index contributed by atoms with van der Waals surface area (Å²) in [5, 5.41) is 0. The van der Waals surface area contributed by atoms with Gasteiger partial charge in [-0.05, 0) is 18.9 Å². The first-order valence-corrected chi connectivity index (χ1v) is 10.6. The van der Waals surface area contributed by atoms with Crippen molar-refractivity contribution < 1.29 is 26.9 Å². The Kier molecular flexibility index (Phi) is 6.59. The number of hydrogen-bond acceptors (Lipinski definition) is 5. The van der Waals surface area contributed by atoms with Crippen molar-refractivity contribution in [2.45, 2.75) is 37.7 Å². The number of imidazole rings is 1. The fraction of sp³-hybridized carbons (Fsp3) is 0.667. The van der Waals surface area contributed by atoms with E-state index in [-0.39, 0.29) is 17.9 Å². The van der Waals surface area contributed by atoms with Crippen LogP contribution in [0.4, 0.5) is 13.2 Å². The van der Waals surface area contributed by atoms with Crippen LogP contribution in [0.15, 0.2) is 12.1 Å². The van der Waals surface area contributed by atoms with E-state index in [2.05, 4.69) is 11.9 Å². The van der Waals surface area contributed by atoms with Gasteiger partial charge in [0.2, 0.25) is 5.88 Å². The monoisotopic (exact) mass is 419 g/mol. The van der Waals surface area contributed by atoms with Crippen LogP contribution in [-0.4, -0.2) is 62.7 Å². The number of pyridine rings is 1. The molecule has 0 aliphatic carbocycles. The van der Waals surface area contributed by atoms with Gasteiger partial charge in [0.15, 0.2) is 5.65 Å². The lowest BCUT2D eigenvalue weighted by molar-refractivity contribution is -0.0478. The van der Waals surface area contributed by atoms with Crippen LogP contribution >= 0.6 is 0 Å². The smallest absolute Gasteiger partial charge is 0.261 e. The Hall–Kier alpha value is -1.68. The second kappa shape index (κ2) is 8.77. The minimum absolute atomic E-state index is 0.174. The topological polar surface area (TPSA) is 66.2 Å². The van der Waals surface area contributed by atoms with Gasteiger partial charge in [-0.15, -0.1) is 0 Å². The summed E-state index contributed by atoms with van der Waals surface area (Å²) in [5.74, 6) is 2.44. The molecule has 0 saturated carbocycles. The quantitative estimate of drug-likeness (QED) is 0.658. The lowest BCUT2D eigenvalue weighted by atomic mass is 9.83.